The van der Waals surface area contributed by atoms with Gasteiger partial charge in [-0.15, -0.1) is 0 Å². The van der Waals surface area contributed by atoms with Crippen LogP contribution in [0.3, 0.4) is 0 Å². The number of carbonyl (C=O) groups is 1. The third-order valence-corrected chi connectivity index (χ3v) is 4.36. The summed E-state index contributed by atoms with van der Waals surface area (Å²) in [6, 6.07) is 15.1. The van der Waals surface area contributed by atoms with Crippen LogP contribution in [-0.2, 0) is 6.61 Å². The van der Waals surface area contributed by atoms with Crippen molar-refractivity contribution >= 4 is 11.9 Å². The quantitative estimate of drug-likeness (QED) is 0.617. The second kappa shape index (κ2) is 6.56. The van der Waals surface area contributed by atoms with Crippen LogP contribution in [0, 0.1) is 13.8 Å². The average Bonchev–Trinajstić information content (AvgIpc) is 3.24. The predicted molar refractivity (Wildman–Crippen MR) is 98.3 cm³/mol. The Kier molecular flexibility index (Phi) is 4.09. The number of fused-ring (bicyclic) bond motifs is 1. The number of furan rings is 1. The van der Waals surface area contributed by atoms with E-state index in [1.165, 1.54) is 11.1 Å². The Labute approximate surface area is 151 Å². The monoisotopic (exact) mass is 346 g/mol. The van der Waals surface area contributed by atoms with Gasteiger partial charge in [-0.3, -0.25) is 4.79 Å². The van der Waals surface area contributed by atoms with Crippen molar-refractivity contribution in [3.63, 3.8) is 0 Å². The Morgan fingerprint density at radius 1 is 1.08 bits per heavy atom. The molecule has 3 aromatic rings. The van der Waals surface area contributed by atoms with Gasteiger partial charge in [-0.2, -0.15) is 0 Å². The molecule has 0 spiro atoms. The summed E-state index contributed by atoms with van der Waals surface area (Å²) in [5.41, 5.74) is 4.06. The summed E-state index contributed by atoms with van der Waals surface area (Å²) in [6.45, 7) is 4.59. The molecule has 4 heteroatoms. The van der Waals surface area contributed by atoms with Crippen LogP contribution in [0.2, 0.25) is 0 Å². The molecular weight excluding hydrogens is 328 g/mol. The summed E-state index contributed by atoms with van der Waals surface area (Å²) >= 11 is 0. The summed E-state index contributed by atoms with van der Waals surface area (Å²) in [5.74, 6) is 1.84. The molecule has 1 aliphatic heterocycles. The standard InChI is InChI=1S/C22H18O4/c1-14-5-6-15(2)16(10-14)13-25-18-7-8-19-20(11-18)26-21(22(19)23)12-17-4-3-9-24-17/h3-12H,13H2,1-2H3/b21-12-. The van der Waals surface area contributed by atoms with Crippen molar-refractivity contribution < 1.29 is 18.7 Å². The van der Waals surface area contributed by atoms with Gasteiger partial charge in [0.05, 0.1) is 11.8 Å². The molecule has 0 saturated heterocycles. The van der Waals surface area contributed by atoms with Gasteiger partial charge in [-0.1, -0.05) is 23.8 Å². The van der Waals surface area contributed by atoms with Crippen molar-refractivity contribution in [2.75, 3.05) is 0 Å². The van der Waals surface area contributed by atoms with Gasteiger partial charge in [-0.05, 0) is 49.2 Å². The number of Topliss-reactive ketones (excluding diaryl/α,β-unsaturated/α-hetero) is 1. The van der Waals surface area contributed by atoms with Gasteiger partial charge in [0.25, 0.3) is 0 Å². The highest BCUT2D eigenvalue weighted by Gasteiger charge is 2.28. The second-order valence-corrected chi connectivity index (χ2v) is 6.33. The fourth-order valence-corrected chi connectivity index (χ4v) is 2.88. The molecule has 2 heterocycles. The number of benzene rings is 2. The highest BCUT2D eigenvalue weighted by atomic mass is 16.5. The van der Waals surface area contributed by atoms with Gasteiger partial charge >= 0.3 is 0 Å². The number of aryl methyl sites for hydroxylation is 2. The van der Waals surface area contributed by atoms with Gasteiger partial charge in [0, 0.05) is 12.1 Å². The summed E-state index contributed by atoms with van der Waals surface area (Å²) in [6.07, 6.45) is 3.15. The third kappa shape index (κ3) is 3.14. The van der Waals surface area contributed by atoms with E-state index in [0.29, 0.717) is 29.4 Å². The number of ketones is 1. The highest BCUT2D eigenvalue weighted by molar-refractivity contribution is 6.14. The Bertz CT molecular complexity index is 997. The van der Waals surface area contributed by atoms with Gasteiger partial charge in [-0.25, -0.2) is 0 Å². The first-order valence-electron chi connectivity index (χ1n) is 8.41. The van der Waals surface area contributed by atoms with Crippen LogP contribution < -0.4 is 9.47 Å². The van der Waals surface area contributed by atoms with Gasteiger partial charge in [0.2, 0.25) is 5.78 Å². The van der Waals surface area contributed by atoms with E-state index in [1.807, 2.05) is 0 Å². The molecule has 0 fully saturated rings. The molecule has 0 saturated carbocycles. The van der Waals surface area contributed by atoms with Crippen molar-refractivity contribution in [1.29, 1.82) is 0 Å². The maximum absolute atomic E-state index is 12.4. The summed E-state index contributed by atoms with van der Waals surface area (Å²) in [7, 11) is 0. The zero-order valence-corrected chi connectivity index (χ0v) is 14.6. The molecule has 0 radical (unpaired) electrons. The van der Waals surface area contributed by atoms with E-state index in [1.54, 1.807) is 42.7 Å². The van der Waals surface area contributed by atoms with Crippen LogP contribution in [0.15, 0.2) is 65.0 Å². The van der Waals surface area contributed by atoms with Gasteiger partial charge < -0.3 is 13.9 Å². The first-order valence-corrected chi connectivity index (χ1v) is 8.41. The highest BCUT2D eigenvalue weighted by Crippen LogP contribution is 2.35. The van der Waals surface area contributed by atoms with E-state index in [4.69, 9.17) is 13.9 Å². The number of hydrogen-bond acceptors (Lipinski definition) is 4. The molecule has 0 unspecified atom stereocenters. The maximum Gasteiger partial charge on any atom is 0.232 e. The number of carbonyl (C=O) groups excluding carboxylic acids is 1. The zero-order chi connectivity index (χ0) is 18.1. The number of hydrogen-bond donors (Lipinski definition) is 0. The molecule has 0 atom stereocenters. The van der Waals surface area contributed by atoms with E-state index in [-0.39, 0.29) is 11.5 Å². The van der Waals surface area contributed by atoms with Crippen LogP contribution in [0.4, 0.5) is 0 Å². The summed E-state index contributed by atoms with van der Waals surface area (Å²) < 4.78 is 16.8. The van der Waals surface area contributed by atoms with Crippen molar-refractivity contribution in [2.45, 2.75) is 20.5 Å². The zero-order valence-electron chi connectivity index (χ0n) is 14.6. The minimum atomic E-state index is -0.155. The SMILES string of the molecule is Cc1ccc(C)c(COc2ccc3c(c2)O/C(=C\c2ccco2)C3=O)c1. The van der Waals surface area contributed by atoms with Gasteiger partial charge in [0.15, 0.2) is 5.76 Å². The van der Waals surface area contributed by atoms with Crippen molar-refractivity contribution in [3.05, 3.63) is 88.6 Å². The van der Waals surface area contributed by atoms with E-state index >= 15 is 0 Å². The van der Waals surface area contributed by atoms with E-state index in [0.717, 1.165) is 5.56 Å². The predicted octanol–water partition coefficient (Wildman–Crippen LogP) is 5.09. The molecule has 4 rings (SSSR count). The van der Waals surface area contributed by atoms with E-state index < -0.39 is 0 Å². The van der Waals surface area contributed by atoms with Crippen molar-refractivity contribution in [2.24, 2.45) is 0 Å². The van der Waals surface area contributed by atoms with Crippen LogP contribution >= 0.6 is 0 Å². The molecule has 26 heavy (non-hydrogen) atoms. The summed E-state index contributed by atoms with van der Waals surface area (Å²) in [5, 5.41) is 0. The average molecular weight is 346 g/mol. The van der Waals surface area contributed by atoms with Crippen molar-refractivity contribution in [1.82, 2.24) is 0 Å². The fourth-order valence-electron chi connectivity index (χ4n) is 2.88. The van der Waals surface area contributed by atoms with Crippen molar-refractivity contribution in [3.8, 4) is 11.5 Å². The lowest BCUT2D eigenvalue weighted by Crippen LogP contribution is -1.99. The Balaban J connectivity index is 1.52. The molecule has 0 N–H and O–H groups in total. The Morgan fingerprint density at radius 3 is 2.77 bits per heavy atom. The fraction of sp³-hybridized carbons (Fsp3) is 0.136. The molecule has 1 aliphatic rings. The molecule has 0 bridgehead atoms. The molecule has 0 amide bonds. The summed E-state index contributed by atoms with van der Waals surface area (Å²) in [4.78, 5) is 12.4. The number of rotatable bonds is 4. The molecule has 130 valence electrons. The third-order valence-electron chi connectivity index (χ3n) is 4.36. The molecule has 4 nitrogen and oxygen atoms in total. The molecular formula is C22H18O4. The van der Waals surface area contributed by atoms with E-state index in [2.05, 4.69) is 32.0 Å². The topological polar surface area (TPSA) is 48.7 Å². The molecule has 0 aliphatic carbocycles. The van der Waals surface area contributed by atoms with Gasteiger partial charge in [0.1, 0.15) is 23.9 Å². The number of allylic oxidation sites excluding steroid dienone is 1. The van der Waals surface area contributed by atoms with Crippen LogP contribution in [-0.4, -0.2) is 5.78 Å². The second-order valence-electron chi connectivity index (χ2n) is 6.33. The first-order chi connectivity index (χ1) is 12.6. The number of ether oxygens (including phenoxy) is 2. The maximum atomic E-state index is 12.4. The van der Waals surface area contributed by atoms with E-state index in [9.17, 15) is 4.79 Å². The smallest absolute Gasteiger partial charge is 0.232 e. The lowest BCUT2D eigenvalue weighted by atomic mass is 10.1. The molecule has 2 aromatic carbocycles. The molecule has 1 aromatic heterocycles. The van der Waals surface area contributed by atoms with Crippen LogP contribution in [0.1, 0.15) is 32.8 Å². The lowest BCUT2D eigenvalue weighted by Gasteiger charge is -2.10. The van der Waals surface area contributed by atoms with Crippen LogP contribution in [0.25, 0.3) is 6.08 Å². The first kappa shape index (κ1) is 16.2. The Hall–Kier alpha value is -3.27. The largest absolute Gasteiger partial charge is 0.489 e. The lowest BCUT2D eigenvalue weighted by molar-refractivity contribution is 0.101. The van der Waals surface area contributed by atoms with Crippen LogP contribution in [0.5, 0.6) is 11.5 Å². The minimum Gasteiger partial charge on any atom is -0.489 e. The minimum absolute atomic E-state index is 0.155. The normalized spacial score (nSPS) is 14.4. The Morgan fingerprint density at radius 2 is 1.96 bits per heavy atom.